The van der Waals surface area contributed by atoms with E-state index in [0.717, 1.165) is 11.3 Å². The first-order valence-corrected chi connectivity index (χ1v) is 7.64. The van der Waals surface area contributed by atoms with Crippen LogP contribution in [0.25, 0.3) is 0 Å². The van der Waals surface area contributed by atoms with Crippen LogP contribution >= 0.6 is 0 Å². The first kappa shape index (κ1) is 18.1. The van der Waals surface area contributed by atoms with Crippen LogP contribution < -0.4 is 19.6 Å². The van der Waals surface area contributed by atoms with Gasteiger partial charge in [-0.3, -0.25) is 4.79 Å². The topological polar surface area (TPSA) is 69.2 Å². The van der Waals surface area contributed by atoms with Gasteiger partial charge in [0.2, 0.25) is 0 Å². The van der Waals surface area contributed by atoms with Crippen molar-refractivity contribution >= 4 is 12.1 Å². The number of hydrogen-bond donors (Lipinski definition) is 1. The predicted molar refractivity (Wildman–Crippen MR) is 96.4 cm³/mol. The molecule has 0 heterocycles. The summed E-state index contributed by atoms with van der Waals surface area (Å²) in [6.07, 6.45) is 3.20. The SMILES string of the molecule is C=CCOc1cccc(/C=N/NC(=O)COc2ccc(OC)cc2)c1. The third-order valence-corrected chi connectivity index (χ3v) is 3.06. The fourth-order valence-corrected chi connectivity index (χ4v) is 1.87. The van der Waals surface area contributed by atoms with Crippen molar-refractivity contribution in [2.24, 2.45) is 5.10 Å². The Morgan fingerprint density at radius 1 is 1.12 bits per heavy atom. The molecule has 1 amide bonds. The Kier molecular flexibility index (Phi) is 7.06. The van der Waals surface area contributed by atoms with Crippen molar-refractivity contribution < 1.29 is 19.0 Å². The Labute approximate surface area is 146 Å². The summed E-state index contributed by atoms with van der Waals surface area (Å²) < 4.78 is 15.8. The first-order chi connectivity index (χ1) is 12.2. The molecule has 2 aromatic rings. The van der Waals surface area contributed by atoms with Crippen LogP contribution in [-0.4, -0.2) is 32.4 Å². The van der Waals surface area contributed by atoms with Crippen molar-refractivity contribution in [3.63, 3.8) is 0 Å². The fraction of sp³-hybridized carbons (Fsp3) is 0.158. The molecule has 6 nitrogen and oxygen atoms in total. The molecule has 6 heteroatoms. The van der Waals surface area contributed by atoms with E-state index in [-0.39, 0.29) is 12.5 Å². The van der Waals surface area contributed by atoms with Crippen LogP contribution in [0.1, 0.15) is 5.56 Å². The molecule has 1 N–H and O–H groups in total. The Balaban J connectivity index is 1.78. The van der Waals surface area contributed by atoms with Gasteiger partial charge in [0, 0.05) is 0 Å². The molecule has 2 rings (SSSR count). The molecular weight excluding hydrogens is 320 g/mol. The number of nitrogens with one attached hydrogen (secondary N) is 1. The molecule has 0 unspecified atom stereocenters. The van der Waals surface area contributed by atoms with Crippen LogP contribution in [0.3, 0.4) is 0 Å². The highest BCUT2D eigenvalue weighted by Gasteiger charge is 2.02. The molecule has 130 valence electrons. The van der Waals surface area contributed by atoms with Gasteiger partial charge in [-0.1, -0.05) is 24.8 Å². The number of nitrogens with zero attached hydrogens (tertiary/aromatic N) is 1. The third kappa shape index (κ3) is 6.39. The Bertz CT molecular complexity index is 726. The Morgan fingerprint density at radius 2 is 1.88 bits per heavy atom. The van der Waals surface area contributed by atoms with E-state index in [9.17, 15) is 4.79 Å². The molecule has 0 aliphatic carbocycles. The predicted octanol–water partition coefficient (Wildman–Crippen LogP) is 2.79. The van der Waals surface area contributed by atoms with Crippen molar-refractivity contribution in [1.82, 2.24) is 5.43 Å². The zero-order valence-corrected chi connectivity index (χ0v) is 14.0. The average molecular weight is 340 g/mol. The van der Waals surface area contributed by atoms with Gasteiger partial charge in [0.25, 0.3) is 5.91 Å². The van der Waals surface area contributed by atoms with Crippen LogP contribution in [-0.2, 0) is 4.79 Å². The van der Waals surface area contributed by atoms with Crippen LogP contribution in [0.2, 0.25) is 0 Å². The Hall–Kier alpha value is -3.28. The number of hydrazone groups is 1. The number of benzene rings is 2. The van der Waals surface area contributed by atoms with E-state index in [1.54, 1.807) is 37.5 Å². The lowest BCUT2D eigenvalue weighted by molar-refractivity contribution is -0.123. The van der Waals surface area contributed by atoms with Gasteiger partial charge in [-0.15, -0.1) is 0 Å². The zero-order chi connectivity index (χ0) is 17.9. The number of amides is 1. The third-order valence-electron chi connectivity index (χ3n) is 3.06. The molecule has 0 aliphatic rings. The highest BCUT2D eigenvalue weighted by Crippen LogP contribution is 2.16. The summed E-state index contributed by atoms with van der Waals surface area (Å²) in [7, 11) is 1.59. The number of hydrogen-bond acceptors (Lipinski definition) is 5. The first-order valence-electron chi connectivity index (χ1n) is 7.64. The van der Waals surface area contributed by atoms with Gasteiger partial charge in [0.05, 0.1) is 13.3 Å². The van der Waals surface area contributed by atoms with Crippen LogP contribution in [0.15, 0.2) is 66.3 Å². The van der Waals surface area contributed by atoms with Crippen molar-refractivity contribution in [3.8, 4) is 17.2 Å². The zero-order valence-electron chi connectivity index (χ0n) is 14.0. The lowest BCUT2D eigenvalue weighted by Crippen LogP contribution is -2.24. The van der Waals surface area contributed by atoms with Gasteiger partial charge in [0.1, 0.15) is 23.9 Å². The van der Waals surface area contributed by atoms with E-state index in [0.29, 0.717) is 18.1 Å². The molecule has 0 bridgehead atoms. The van der Waals surface area contributed by atoms with Crippen molar-refractivity contribution in [1.29, 1.82) is 0 Å². The smallest absolute Gasteiger partial charge is 0.277 e. The number of rotatable bonds is 9. The summed E-state index contributed by atoms with van der Waals surface area (Å²) >= 11 is 0. The number of ether oxygens (including phenoxy) is 3. The van der Waals surface area contributed by atoms with Gasteiger partial charge in [0.15, 0.2) is 6.61 Å². The van der Waals surface area contributed by atoms with E-state index in [1.165, 1.54) is 6.21 Å². The summed E-state index contributed by atoms with van der Waals surface area (Å²) in [5.74, 6) is 1.65. The quantitative estimate of drug-likeness (QED) is 0.433. The maximum absolute atomic E-state index is 11.7. The molecule has 0 aliphatic heterocycles. The highest BCUT2D eigenvalue weighted by molar-refractivity contribution is 5.83. The van der Waals surface area contributed by atoms with Gasteiger partial charge < -0.3 is 14.2 Å². The number of carbonyl (C=O) groups excluding carboxylic acids is 1. The molecule has 0 aromatic heterocycles. The maximum Gasteiger partial charge on any atom is 0.277 e. The molecule has 0 saturated heterocycles. The van der Waals surface area contributed by atoms with Crippen LogP contribution in [0.5, 0.6) is 17.2 Å². The minimum Gasteiger partial charge on any atom is -0.497 e. The standard InChI is InChI=1S/C19H20N2O4/c1-3-11-24-18-6-4-5-15(12-18)13-20-21-19(22)14-25-17-9-7-16(23-2)8-10-17/h3-10,12-13H,1,11,14H2,2H3,(H,21,22)/b20-13+. The molecule has 0 spiro atoms. The summed E-state index contributed by atoms with van der Waals surface area (Å²) in [6.45, 7) is 3.90. The lowest BCUT2D eigenvalue weighted by atomic mass is 10.2. The van der Waals surface area contributed by atoms with Crippen molar-refractivity contribution in [2.45, 2.75) is 0 Å². The lowest BCUT2D eigenvalue weighted by Gasteiger charge is -2.06. The van der Waals surface area contributed by atoms with E-state index < -0.39 is 0 Å². The Morgan fingerprint density at radius 3 is 2.60 bits per heavy atom. The second-order valence-corrected chi connectivity index (χ2v) is 4.93. The largest absolute Gasteiger partial charge is 0.497 e. The summed E-state index contributed by atoms with van der Waals surface area (Å²) in [6, 6.07) is 14.3. The van der Waals surface area contributed by atoms with Crippen molar-refractivity contribution in [2.75, 3.05) is 20.3 Å². The monoisotopic (exact) mass is 340 g/mol. The summed E-state index contributed by atoms with van der Waals surface area (Å²) in [4.78, 5) is 11.7. The fourth-order valence-electron chi connectivity index (χ4n) is 1.87. The van der Waals surface area contributed by atoms with Gasteiger partial charge in [-0.2, -0.15) is 5.10 Å². The van der Waals surface area contributed by atoms with Crippen LogP contribution in [0, 0.1) is 0 Å². The molecule has 0 atom stereocenters. The number of methoxy groups -OCH3 is 1. The molecule has 0 saturated carbocycles. The van der Waals surface area contributed by atoms with E-state index in [2.05, 4.69) is 17.1 Å². The van der Waals surface area contributed by atoms with Gasteiger partial charge in [-0.05, 0) is 42.0 Å². The molecule has 25 heavy (non-hydrogen) atoms. The van der Waals surface area contributed by atoms with E-state index >= 15 is 0 Å². The molecular formula is C19H20N2O4. The second kappa shape index (κ2) is 9.77. The van der Waals surface area contributed by atoms with Crippen LogP contribution in [0.4, 0.5) is 0 Å². The van der Waals surface area contributed by atoms with E-state index in [4.69, 9.17) is 14.2 Å². The van der Waals surface area contributed by atoms with E-state index in [1.807, 2.05) is 24.3 Å². The van der Waals surface area contributed by atoms with Gasteiger partial charge >= 0.3 is 0 Å². The normalized spacial score (nSPS) is 10.3. The maximum atomic E-state index is 11.7. The summed E-state index contributed by atoms with van der Waals surface area (Å²) in [5, 5.41) is 3.90. The summed E-state index contributed by atoms with van der Waals surface area (Å²) in [5.41, 5.74) is 3.21. The minimum absolute atomic E-state index is 0.133. The number of carbonyl (C=O) groups is 1. The average Bonchev–Trinajstić information content (AvgIpc) is 2.65. The minimum atomic E-state index is -0.355. The van der Waals surface area contributed by atoms with Gasteiger partial charge in [-0.25, -0.2) is 5.43 Å². The van der Waals surface area contributed by atoms with Crippen molar-refractivity contribution in [3.05, 3.63) is 66.7 Å². The highest BCUT2D eigenvalue weighted by atomic mass is 16.5. The second-order valence-electron chi connectivity index (χ2n) is 4.93. The molecule has 0 radical (unpaired) electrons. The molecule has 0 fully saturated rings. The molecule has 2 aromatic carbocycles.